The van der Waals surface area contributed by atoms with Gasteiger partial charge in [-0.15, -0.1) is 0 Å². The molecule has 5 atom stereocenters. The van der Waals surface area contributed by atoms with E-state index in [-0.39, 0.29) is 11.2 Å². The number of fused-ring (bicyclic) bond motifs is 5. The Labute approximate surface area is 144 Å². The highest BCUT2D eigenvalue weighted by Gasteiger charge is 2.61. The molecule has 0 aromatic heterocycles. The lowest BCUT2D eigenvalue weighted by Gasteiger charge is -2.53. The normalized spacial score (nSPS) is 40.5. The molecule has 0 heterocycles. The second kappa shape index (κ2) is 5.32. The monoisotopic (exact) mass is 328 g/mol. The second-order valence-corrected chi connectivity index (χ2v) is 8.70. The summed E-state index contributed by atoms with van der Waals surface area (Å²) in [5.74, 6) is 2.12. The van der Waals surface area contributed by atoms with Crippen molar-refractivity contribution in [1.29, 1.82) is 0 Å². The summed E-state index contributed by atoms with van der Waals surface area (Å²) in [7, 11) is 0. The van der Waals surface area contributed by atoms with Crippen LogP contribution in [0.4, 0.5) is 0 Å². The van der Waals surface area contributed by atoms with Crippen LogP contribution in [0.1, 0.15) is 69.4 Å². The van der Waals surface area contributed by atoms with Crippen LogP contribution in [0.3, 0.4) is 0 Å². The maximum atomic E-state index is 11.7. The number of carbonyl (C=O) groups excluding carboxylic acids is 1. The molecule has 1 aromatic rings. The largest absolute Gasteiger partial charge is 0.508 e. The number of Topliss-reactive ketones (excluding diaryl/α,β-unsaturated/α-hetero) is 1. The van der Waals surface area contributed by atoms with Crippen LogP contribution in [-0.2, 0) is 11.2 Å². The highest BCUT2D eigenvalue weighted by Crippen LogP contribution is 2.65. The summed E-state index contributed by atoms with van der Waals surface area (Å²) in [6.45, 7) is 3.83. The fraction of sp³-hybridized carbons (Fsp3) is 0.667. The third-order valence-electron chi connectivity index (χ3n) is 7.57. The number of rotatable bonds is 2. The van der Waals surface area contributed by atoms with Crippen molar-refractivity contribution in [2.24, 2.45) is 17.3 Å². The van der Waals surface area contributed by atoms with Gasteiger partial charge in [-0.3, -0.25) is 4.79 Å². The molecule has 0 amide bonds. The van der Waals surface area contributed by atoms with Gasteiger partial charge in [0, 0.05) is 6.42 Å². The van der Waals surface area contributed by atoms with Crippen molar-refractivity contribution < 1.29 is 15.0 Å². The summed E-state index contributed by atoms with van der Waals surface area (Å²) in [5, 5.41) is 21.0. The molecule has 0 saturated heterocycles. The summed E-state index contributed by atoms with van der Waals surface area (Å²) in [6, 6.07) is 5.86. The van der Waals surface area contributed by atoms with E-state index in [0.29, 0.717) is 29.9 Å². The first-order valence-electron chi connectivity index (χ1n) is 9.38. The van der Waals surface area contributed by atoms with Crippen molar-refractivity contribution in [1.82, 2.24) is 0 Å². The van der Waals surface area contributed by atoms with Gasteiger partial charge in [-0.05, 0) is 91.9 Å². The highest BCUT2D eigenvalue weighted by molar-refractivity contribution is 5.76. The maximum absolute atomic E-state index is 11.7. The molecule has 24 heavy (non-hydrogen) atoms. The quantitative estimate of drug-likeness (QED) is 0.864. The zero-order chi connectivity index (χ0) is 17.1. The molecule has 2 N–H and O–H groups in total. The van der Waals surface area contributed by atoms with Gasteiger partial charge in [-0.1, -0.05) is 13.0 Å². The Morgan fingerprint density at radius 1 is 1.25 bits per heavy atom. The molecular formula is C21H28O3. The molecule has 0 bridgehead atoms. The molecule has 0 unspecified atom stereocenters. The molecule has 130 valence electrons. The van der Waals surface area contributed by atoms with E-state index in [1.54, 1.807) is 6.92 Å². The Morgan fingerprint density at radius 3 is 2.79 bits per heavy atom. The van der Waals surface area contributed by atoms with Gasteiger partial charge in [-0.25, -0.2) is 0 Å². The van der Waals surface area contributed by atoms with E-state index >= 15 is 0 Å². The van der Waals surface area contributed by atoms with Crippen LogP contribution in [0.25, 0.3) is 0 Å². The molecule has 3 nitrogen and oxygen atoms in total. The lowest BCUT2D eigenvalue weighted by Crippen LogP contribution is -2.51. The summed E-state index contributed by atoms with van der Waals surface area (Å²) >= 11 is 0. The van der Waals surface area contributed by atoms with Gasteiger partial charge in [0.15, 0.2) is 0 Å². The third kappa shape index (κ3) is 2.17. The summed E-state index contributed by atoms with van der Waals surface area (Å²) < 4.78 is 0. The summed E-state index contributed by atoms with van der Waals surface area (Å²) in [4.78, 5) is 11.7. The van der Waals surface area contributed by atoms with Gasteiger partial charge in [0.25, 0.3) is 0 Å². The summed E-state index contributed by atoms with van der Waals surface area (Å²) in [6.07, 6.45) is 6.33. The number of aliphatic hydroxyl groups is 1. The lowest BCUT2D eigenvalue weighted by atomic mass is 9.53. The first-order chi connectivity index (χ1) is 11.3. The number of hydrogen-bond donors (Lipinski definition) is 2. The zero-order valence-electron chi connectivity index (χ0n) is 14.7. The Hall–Kier alpha value is -1.35. The number of hydrogen-bond acceptors (Lipinski definition) is 3. The highest BCUT2D eigenvalue weighted by atomic mass is 16.3. The van der Waals surface area contributed by atoms with Crippen molar-refractivity contribution in [3.05, 3.63) is 29.3 Å². The minimum Gasteiger partial charge on any atom is -0.508 e. The predicted molar refractivity (Wildman–Crippen MR) is 93.0 cm³/mol. The second-order valence-electron chi connectivity index (χ2n) is 8.70. The number of benzene rings is 1. The van der Waals surface area contributed by atoms with Crippen LogP contribution in [0, 0.1) is 17.3 Å². The molecule has 4 rings (SSSR count). The Bertz CT molecular complexity index is 682. The van der Waals surface area contributed by atoms with Crippen LogP contribution < -0.4 is 0 Å². The van der Waals surface area contributed by atoms with Crippen molar-refractivity contribution in [2.75, 3.05) is 0 Å². The van der Waals surface area contributed by atoms with Crippen molar-refractivity contribution >= 4 is 5.78 Å². The van der Waals surface area contributed by atoms with Crippen molar-refractivity contribution in [3.63, 3.8) is 0 Å². The number of phenolic OH excluding ortho intramolecular Hbond substituents is 1. The molecule has 2 saturated carbocycles. The number of aromatic hydroxyl groups is 1. The van der Waals surface area contributed by atoms with E-state index in [2.05, 4.69) is 13.0 Å². The van der Waals surface area contributed by atoms with Crippen LogP contribution in [0.2, 0.25) is 0 Å². The number of aryl methyl sites for hydroxylation is 1. The number of phenols is 1. The third-order valence-corrected chi connectivity index (χ3v) is 7.57. The fourth-order valence-electron chi connectivity index (χ4n) is 6.38. The molecule has 0 aliphatic heterocycles. The topological polar surface area (TPSA) is 57.5 Å². The maximum Gasteiger partial charge on any atom is 0.132 e. The lowest BCUT2D eigenvalue weighted by molar-refractivity contribution is -0.135. The Balaban J connectivity index is 1.67. The minimum atomic E-state index is -0.816. The number of carbonyl (C=O) groups is 1. The molecule has 3 aliphatic carbocycles. The minimum absolute atomic E-state index is 0.103. The SMILES string of the molecule is CC(=O)C[C@@]1(O)CC[C@H]2[C@@H]3CCc4cc(O)ccc4[C@H]3CC[C@@]21C. The molecule has 3 aliphatic rings. The van der Waals surface area contributed by atoms with Gasteiger partial charge in [0.05, 0.1) is 5.60 Å². The number of ketones is 1. The van der Waals surface area contributed by atoms with Gasteiger partial charge in [0.1, 0.15) is 11.5 Å². The first kappa shape index (κ1) is 16.1. The van der Waals surface area contributed by atoms with Crippen LogP contribution in [-0.4, -0.2) is 21.6 Å². The fourth-order valence-corrected chi connectivity index (χ4v) is 6.38. The van der Waals surface area contributed by atoms with Gasteiger partial charge in [0.2, 0.25) is 0 Å². The van der Waals surface area contributed by atoms with Crippen molar-refractivity contribution in [2.45, 2.75) is 70.3 Å². The molecule has 0 spiro atoms. The molecule has 3 heteroatoms. The molecule has 2 fully saturated rings. The van der Waals surface area contributed by atoms with E-state index in [4.69, 9.17) is 0 Å². The van der Waals surface area contributed by atoms with Crippen LogP contribution in [0.5, 0.6) is 5.75 Å². The van der Waals surface area contributed by atoms with Gasteiger partial charge in [-0.2, -0.15) is 0 Å². The molecule has 0 radical (unpaired) electrons. The van der Waals surface area contributed by atoms with E-state index in [0.717, 1.165) is 38.5 Å². The first-order valence-corrected chi connectivity index (χ1v) is 9.38. The summed E-state index contributed by atoms with van der Waals surface area (Å²) in [5.41, 5.74) is 1.77. The predicted octanol–water partition coefficient (Wildman–Crippen LogP) is 3.96. The van der Waals surface area contributed by atoms with E-state index in [1.807, 2.05) is 12.1 Å². The van der Waals surface area contributed by atoms with Gasteiger partial charge >= 0.3 is 0 Å². The average Bonchev–Trinajstić information content (AvgIpc) is 2.77. The Morgan fingerprint density at radius 2 is 2.04 bits per heavy atom. The smallest absolute Gasteiger partial charge is 0.132 e. The molecule has 1 aromatic carbocycles. The van der Waals surface area contributed by atoms with E-state index < -0.39 is 5.60 Å². The standard InChI is InChI=1S/C21H28O3/c1-13(22)12-21(24)10-8-19-18-5-3-14-11-15(23)4-6-16(14)17(18)7-9-20(19,21)2/h4,6,11,17-19,23-24H,3,5,7-10,12H2,1-2H3/t17-,18-,19+,20+,21+/m1/s1. The van der Waals surface area contributed by atoms with E-state index in [1.165, 1.54) is 11.1 Å². The van der Waals surface area contributed by atoms with Crippen LogP contribution >= 0.6 is 0 Å². The van der Waals surface area contributed by atoms with E-state index in [9.17, 15) is 15.0 Å². The van der Waals surface area contributed by atoms with Gasteiger partial charge < -0.3 is 10.2 Å². The Kier molecular flexibility index (Phi) is 3.58. The molecular weight excluding hydrogens is 300 g/mol. The zero-order valence-corrected chi connectivity index (χ0v) is 14.7. The van der Waals surface area contributed by atoms with Crippen molar-refractivity contribution in [3.8, 4) is 5.75 Å². The average molecular weight is 328 g/mol. The van der Waals surface area contributed by atoms with Crippen LogP contribution in [0.15, 0.2) is 18.2 Å².